The van der Waals surface area contributed by atoms with Gasteiger partial charge in [0, 0.05) is 40.4 Å². The molecule has 3 N–H and O–H groups in total. The van der Waals surface area contributed by atoms with E-state index in [9.17, 15) is 18.0 Å². The molecule has 0 aliphatic heterocycles. The molecular weight excluding hydrogens is 467 g/mol. The molecule has 0 saturated heterocycles. The van der Waals surface area contributed by atoms with Crippen molar-refractivity contribution in [1.29, 1.82) is 0 Å². The minimum atomic E-state index is -4.36. The van der Waals surface area contributed by atoms with Gasteiger partial charge in [-0.1, -0.05) is 0 Å². The van der Waals surface area contributed by atoms with Crippen LogP contribution < -0.4 is 16.0 Å². The highest BCUT2D eigenvalue weighted by atomic mass is 32.2. The fraction of sp³-hybridized carbons (Fsp3) is 0.0909. The summed E-state index contributed by atoms with van der Waals surface area (Å²) in [6.07, 6.45) is 5.09. The third-order valence-corrected chi connectivity index (χ3v) is 5.09. The van der Waals surface area contributed by atoms with Crippen molar-refractivity contribution in [3.05, 3.63) is 79.1 Å². The lowest BCUT2D eigenvalue weighted by atomic mass is 10.2. The van der Waals surface area contributed by atoms with Gasteiger partial charge in [0.05, 0.1) is 0 Å². The van der Waals surface area contributed by atoms with Crippen molar-refractivity contribution in [3.8, 4) is 5.82 Å². The molecule has 2 heterocycles. The van der Waals surface area contributed by atoms with Gasteiger partial charge < -0.3 is 16.0 Å². The minimum absolute atomic E-state index is 0.0394. The standard InChI is InChI=1S/C22H18F3N7OS/c1-14-27-19(12-20(28-14)32-11-10-26-13-32)29-15-2-4-16(5-3-15)30-21(33)31-17-6-8-18(9-7-17)34-22(23,24)25/h2-13H,1H3,(H,27,28,29)(H2,30,31,33). The van der Waals surface area contributed by atoms with Gasteiger partial charge >= 0.3 is 11.5 Å². The van der Waals surface area contributed by atoms with Crippen molar-refractivity contribution in [2.45, 2.75) is 17.3 Å². The summed E-state index contributed by atoms with van der Waals surface area (Å²) in [6, 6.07) is 13.6. The van der Waals surface area contributed by atoms with Gasteiger partial charge in [-0.2, -0.15) is 13.2 Å². The molecule has 0 aliphatic rings. The summed E-state index contributed by atoms with van der Waals surface area (Å²) in [6.45, 7) is 1.79. The molecule has 0 fully saturated rings. The van der Waals surface area contributed by atoms with Crippen LogP contribution in [0.5, 0.6) is 0 Å². The molecule has 0 spiro atoms. The van der Waals surface area contributed by atoms with E-state index in [-0.39, 0.29) is 16.7 Å². The number of hydrogen-bond acceptors (Lipinski definition) is 6. The molecule has 34 heavy (non-hydrogen) atoms. The molecule has 174 valence electrons. The molecular formula is C22H18F3N7OS. The third kappa shape index (κ3) is 6.48. The van der Waals surface area contributed by atoms with Gasteiger partial charge in [0.15, 0.2) is 0 Å². The second-order valence-corrected chi connectivity index (χ2v) is 8.12. The Bertz CT molecular complexity index is 1260. The van der Waals surface area contributed by atoms with Gasteiger partial charge in [-0.15, -0.1) is 0 Å². The molecule has 2 aromatic heterocycles. The highest BCUT2D eigenvalue weighted by Gasteiger charge is 2.29. The number of aryl methyl sites for hydroxylation is 1. The third-order valence-electron chi connectivity index (χ3n) is 4.35. The normalized spacial score (nSPS) is 11.2. The lowest BCUT2D eigenvalue weighted by molar-refractivity contribution is -0.0328. The summed E-state index contributed by atoms with van der Waals surface area (Å²) in [5.74, 6) is 1.86. The first kappa shape index (κ1) is 23.1. The minimum Gasteiger partial charge on any atom is -0.340 e. The van der Waals surface area contributed by atoms with Gasteiger partial charge in [0.25, 0.3) is 0 Å². The average molecular weight is 485 g/mol. The number of amides is 2. The molecule has 0 unspecified atom stereocenters. The van der Waals surface area contributed by atoms with Crippen LogP contribution in [0.4, 0.5) is 40.8 Å². The largest absolute Gasteiger partial charge is 0.446 e. The number of aromatic nitrogens is 4. The number of hydrogen-bond donors (Lipinski definition) is 3. The SMILES string of the molecule is Cc1nc(Nc2ccc(NC(=O)Nc3ccc(SC(F)(F)F)cc3)cc2)cc(-n2ccnc2)n1. The van der Waals surface area contributed by atoms with E-state index in [4.69, 9.17) is 0 Å². The number of anilines is 4. The number of halogens is 3. The number of carbonyl (C=O) groups is 1. The summed E-state index contributed by atoms with van der Waals surface area (Å²) in [7, 11) is 0. The number of urea groups is 1. The average Bonchev–Trinajstić information content (AvgIpc) is 3.30. The monoisotopic (exact) mass is 485 g/mol. The number of benzene rings is 2. The van der Waals surface area contributed by atoms with E-state index in [2.05, 4.69) is 30.9 Å². The van der Waals surface area contributed by atoms with Crippen molar-refractivity contribution in [2.75, 3.05) is 16.0 Å². The molecule has 2 aromatic carbocycles. The first-order valence-corrected chi connectivity index (χ1v) is 10.7. The van der Waals surface area contributed by atoms with Gasteiger partial charge in [-0.25, -0.2) is 19.7 Å². The van der Waals surface area contributed by atoms with Gasteiger partial charge in [-0.3, -0.25) is 4.57 Å². The zero-order valence-corrected chi connectivity index (χ0v) is 18.5. The number of carbonyl (C=O) groups excluding carboxylic acids is 1. The Hall–Kier alpha value is -4.06. The Kier molecular flexibility index (Phi) is 6.68. The second-order valence-electron chi connectivity index (χ2n) is 6.98. The number of rotatable bonds is 6. The zero-order valence-electron chi connectivity index (χ0n) is 17.7. The van der Waals surface area contributed by atoms with Crippen molar-refractivity contribution in [3.63, 3.8) is 0 Å². The Labute approximate surface area is 196 Å². The Morgan fingerprint density at radius 3 is 2.15 bits per heavy atom. The molecule has 2 amide bonds. The van der Waals surface area contributed by atoms with Crippen molar-refractivity contribution < 1.29 is 18.0 Å². The topological polar surface area (TPSA) is 96.8 Å². The van der Waals surface area contributed by atoms with E-state index in [0.717, 1.165) is 5.69 Å². The number of nitrogens with one attached hydrogen (secondary N) is 3. The lowest BCUT2D eigenvalue weighted by Crippen LogP contribution is -2.19. The van der Waals surface area contributed by atoms with E-state index >= 15 is 0 Å². The fourth-order valence-electron chi connectivity index (χ4n) is 2.96. The first-order valence-electron chi connectivity index (χ1n) is 9.88. The van der Waals surface area contributed by atoms with Crippen LogP contribution in [0.3, 0.4) is 0 Å². The predicted octanol–water partition coefficient (Wildman–Crippen LogP) is 5.97. The molecule has 0 aliphatic carbocycles. The van der Waals surface area contributed by atoms with Crippen LogP contribution in [-0.2, 0) is 0 Å². The summed E-state index contributed by atoms with van der Waals surface area (Å²) in [5.41, 5.74) is -2.71. The predicted molar refractivity (Wildman–Crippen MR) is 125 cm³/mol. The van der Waals surface area contributed by atoms with Crippen molar-refractivity contribution >= 4 is 40.7 Å². The van der Waals surface area contributed by atoms with Crippen LogP contribution in [0, 0.1) is 6.92 Å². The van der Waals surface area contributed by atoms with Crippen LogP contribution >= 0.6 is 11.8 Å². The van der Waals surface area contributed by atoms with E-state index in [1.165, 1.54) is 24.3 Å². The molecule has 0 bridgehead atoms. The van der Waals surface area contributed by atoms with E-state index < -0.39 is 11.5 Å². The molecule has 0 saturated carbocycles. The number of alkyl halides is 3. The quantitative estimate of drug-likeness (QED) is 0.291. The van der Waals surface area contributed by atoms with Crippen LogP contribution in [0.25, 0.3) is 5.82 Å². The van der Waals surface area contributed by atoms with Crippen LogP contribution in [0.1, 0.15) is 5.82 Å². The van der Waals surface area contributed by atoms with Gasteiger partial charge in [0.2, 0.25) is 0 Å². The number of imidazole rings is 1. The maximum Gasteiger partial charge on any atom is 0.446 e. The second kappa shape index (κ2) is 9.83. The smallest absolute Gasteiger partial charge is 0.340 e. The molecule has 8 nitrogen and oxygen atoms in total. The highest BCUT2D eigenvalue weighted by molar-refractivity contribution is 8.00. The maximum absolute atomic E-state index is 12.4. The summed E-state index contributed by atoms with van der Waals surface area (Å²) in [4.78, 5) is 25.0. The molecule has 0 radical (unpaired) electrons. The van der Waals surface area contributed by atoms with E-state index in [0.29, 0.717) is 28.8 Å². The fourth-order valence-corrected chi connectivity index (χ4v) is 3.50. The van der Waals surface area contributed by atoms with Crippen LogP contribution in [0.15, 0.2) is 78.2 Å². The van der Waals surface area contributed by atoms with Crippen LogP contribution in [-0.4, -0.2) is 31.1 Å². The van der Waals surface area contributed by atoms with Gasteiger partial charge in [-0.05, 0) is 67.2 Å². The molecule has 4 aromatic rings. The summed E-state index contributed by atoms with van der Waals surface area (Å²) in [5, 5.41) is 8.45. The van der Waals surface area contributed by atoms with Gasteiger partial charge in [0.1, 0.15) is 23.8 Å². The Morgan fingerprint density at radius 1 is 0.941 bits per heavy atom. The van der Waals surface area contributed by atoms with E-state index in [1.54, 1.807) is 60.5 Å². The number of nitrogens with zero attached hydrogens (tertiary/aromatic N) is 4. The first-order chi connectivity index (χ1) is 16.2. The lowest BCUT2D eigenvalue weighted by Gasteiger charge is -2.11. The molecule has 12 heteroatoms. The van der Waals surface area contributed by atoms with Crippen molar-refractivity contribution in [1.82, 2.24) is 19.5 Å². The zero-order chi connectivity index (χ0) is 24.1. The molecule has 4 rings (SSSR count). The maximum atomic E-state index is 12.4. The van der Waals surface area contributed by atoms with Crippen molar-refractivity contribution in [2.24, 2.45) is 0 Å². The Morgan fingerprint density at radius 2 is 1.56 bits per heavy atom. The number of thioether (sulfide) groups is 1. The Balaban J connectivity index is 1.34. The molecule has 0 atom stereocenters. The summed E-state index contributed by atoms with van der Waals surface area (Å²) >= 11 is -0.213. The van der Waals surface area contributed by atoms with E-state index in [1.807, 2.05) is 0 Å². The summed E-state index contributed by atoms with van der Waals surface area (Å²) < 4.78 is 39.0. The van der Waals surface area contributed by atoms with Crippen LogP contribution in [0.2, 0.25) is 0 Å². The highest BCUT2D eigenvalue weighted by Crippen LogP contribution is 2.37.